The fraction of sp³-hybridized carbons (Fsp3) is 0. The highest BCUT2D eigenvalue weighted by atomic mass is 19.0. The van der Waals surface area contributed by atoms with Gasteiger partial charge in [-0.2, -0.15) is 0 Å². The van der Waals surface area contributed by atoms with Crippen LogP contribution in [0.1, 0.15) is 0 Å². The van der Waals surface area contributed by atoms with Gasteiger partial charge in [0.05, 0.1) is 0 Å². The average molecular weight is 130 g/mol. The molecule has 0 atom stereocenters. The van der Waals surface area contributed by atoms with E-state index in [-0.39, 0.29) is 4.70 Å². The summed E-state index contributed by atoms with van der Waals surface area (Å²) in [7, 11) is 0. The minimum Gasteiger partial charge on any atom is -0.379 e. The molecule has 2 N–H and O–H groups in total. The third-order valence-electron chi connectivity index (χ3n) is 0. The van der Waals surface area contributed by atoms with Gasteiger partial charge in [-0.05, 0) is 0 Å². The van der Waals surface area contributed by atoms with Gasteiger partial charge < -0.3 is 10.4 Å². The molecule has 0 unspecified atom stereocenters. The molecule has 8 heavy (non-hydrogen) atoms. The van der Waals surface area contributed by atoms with E-state index in [0.29, 0.717) is 0 Å². The van der Waals surface area contributed by atoms with Crippen molar-refractivity contribution < 1.29 is 20.2 Å². The minimum absolute atomic E-state index is 0. The van der Waals surface area contributed by atoms with Crippen molar-refractivity contribution in [2.75, 3.05) is 0 Å². The summed E-state index contributed by atoms with van der Waals surface area (Å²) in [5.74, 6) is 0. The Labute approximate surface area is 42.0 Å². The molecule has 0 aliphatic rings. The van der Waals surface area contributed by atoms with Gasteiger partial charge in [-0.1, -0.05) is 0 Å². The number of nitrogens with zero attached hydrogens (tertiary/aromatic N) is 2. The van der Waals surface area contributed by atoms with Gasteiger partial charge in [0, 0.05) is 0 Å². The molecule has 0 fully saturated rings. The molecule has 0 aromatic rings. The van der Waals surface area contributed by atoms with Gasteiger partial charge in [0.15, 0.2) is 5.34 Å². The second kappa shape index (κ2) is 17.7. The number of rotatable bonds is 0. The Morgan fingerprint density at radius 3 is 1.62 bits per heavy atom. The van der Waals surface area contributed by atoms with Crippen LogP contribution in [0.3, 0.4) is 0 Å². The summed E-state index contributed by atoms with van der Waals surface area (Å²) >= 11 is 0. The lowest BCUT2D eigenvalue weighted by atomic mass is 13.1. The number of halogens is 1. The first-order valence-corrected chi connectivity index (χ1v) is 0.948. The van der Waals surface area contributed by atoms with Crippen molar-refractivity contribution in [1.29, 1.82) is 0 Å². The minimum atomic E-state index is -1.50. The number of hydrogen-bond donors (Lipinski definition) is 2. The maximum atomic E-state index is 8.36. The van der Waals surface area contributed by atoms with E-state index in [0.717, 1.165) is 0 Å². The van der Waals surface area contributed by atoms with E-state index in [9.17, 15) is 0 Å². The molecular formula is H3FN2O5. The van der Waals surface area contributed by atoms with Crippen molar-refractivity contribution in [3.05, 3.63) is 15.0 Å². The van der Waals surface area contributed by atoms with E-state index < -0.39 is 5.09 Å². The van der Waals surface area contributed by atoms with Crippen LogP contribution in [0.25, 0.3) is 0 Å². The Bertz CT molecular complexity index is 57.4. The lowest BCUT2D eigenvalue weighted by Gasteiger charge is -1.56. The van der Waals surface area contributed by atoms with Crippen molar-refractivity contribution in [3.63, 3.8) is 0 Å². The molecule has 0 saturated carbocycles. The molecule has 0 bridgehead atoms. The molecule has 7 nitrogen and oxygen atoms in total. The Morgan fingerprint density at radius 2 is 1.62 bits per heavy atom. The fourth-order valence-electron chi connectivity index (χ4n) is 0. The van der Waals surface area contributed by atoms with Crippen molar-refractivity contribution in [2.24, 2.45) is 5.34 Å². The van der Waals surface area contributed by atoms with Crippen LogP contribution < -0.4 is 0 Å². The molecule has 0 spiro atoms. The quantitative estimate of drug-likeness (QED) is 0.271. The molecule has 0 aromatic heterocycles. The molecule has 0 aromatic carbocycles. The molecule has 0 heterocycles. The van der Waals surface area contributed by atoms with Gasteiger partial charge in [0.1, 0.15) is 0 Å². The molecule has 8 heteroatoms. The predicted molar refractivity (Wildman–Crippen MR) is 18.9 cm³/mol. The maximum Gasteiger partial charge on any atom is 0.291 e. The molecule has 0 rings (SSSR count). The summed E-state index contributed by atoms with van der Waals surface area (Å²) in [6, 6.07) is 0. The van der Waals surface area contributed by atoms with Crippen LogP contribution >= 0.6 is 0 Å². The smallest absolute Gasteiger partial charge is 0.291 e. The van der Waals surface area contributed by atoms with Gasteiger partial charge in [-0.3, -0.25) is 4.70 Å². The summed E-state index contributed by atoms with van der Waals surface area (Å²) in [4.78, 5) is 16.5. The molecule has 0 saturated heterocycles. The highest BCUT2D eigenvalue weighted by molar-refractivity contribution is 3.84. The summed E-state index contributed by atoms with van der Waals surface area (Å²) in [5.41, 5.74) is 0. The summed E-state index contributed by atoms with van der Waals surface area (Å²) < 4.78 is 0. The summed E-state index contributed by atoms with van der Waals surface area (Å²) in [6.45, 7) is 0. The zero-order chi connectivity index (χ0) is 6.28. The molecule has 0 aliphatic carbocycles. The van der Waals surface area contributed by atoms with E-state index in [1.165, 1.54) is 5.34 Å². The van der Waals surface area contributed by atoms with Crippen LogP contribution in [0.4, 0.5) is 4.70 Å². The SMILES string of the molecule is F.O=NO.O=[N+]([O-])O. The highest BCUT2D eigenvalue weighted by Gasteiger charge is 1.65. The second-order valence-corrected chi connectivity index (χ2v) is 0.319. The van der Waals surface area contributed by atoms with Crippen LogP contribution in [0.2, 0.25) is 0 Å². The Kier molecular flexibility index (Phi) is 35.5. The topological polar surface area (TPSA) is 113 Å². The summed E-state index contributed by atoms with van der Waals surface area (Å²) in [5, 5.41) is 21.5. The van der Waals surface area contributed by atoms with Crippen molar-refractivity contribution in [1.82, 2.24) is 0 Å². The molecule has 0 aliphatic heterocycles. The molecule has 50 valence electrons. The highest BCUT2D eigenvalue weighted by Crippen LogP contribution is 1.38. The van der Waals surface area contributed by atoms with Gasteiger partial charge >= 0.3 is 0 Å². The van der Waals surface area contributed by atoms with Crippen molar-refractivity contribution in [2.45, 2.75) is 0 Å². The number of hydrogen-bond acceptors (Lipinski definition) is 4. The maximum absolute atomic E-state index is 8.36. The first-order valence-electron chi connectivity index (χ1n) is 0.948. The zero-order valence-electron chi connectivity index (χ0n) is 3.42. The van der Waals surface area contributed by atoms with E-state index in [1.807, 2.05) is 0 Å². The third-order valence-corrected chi connectivity index (χ3v) is 0. The van der Waals surface area contributed by atoms with Crippen LogP contribution in [0.15, 0.2) is 5.34 Å². The predicted octanol–water partition coefficient (Wildman–Crippen LogP) is -0.0532. The van der Waals surface area contributed by atoms with Gasteiger partial charge in [0.25, 0.3) is 5.09 Å². The van der Waals surface area contributed by atoms with Gasteiger partial charge in [0.2, 0.25) is 0 Å². The van der Waals surface area contributed by atoms with Crippen molar-refractivity contribution in [3.8, 4) is 0 Å². The van der Waals surface area contributed by atoms with E-state index in [2.05, 4.69) is 0 Å². The third kappa shape index (κ3) is 26.1. The summed E-state index contributed by atoms with van der Waals surface area (Å²) in [6.07, 6.45) is 0. The molecule has 0 amide bonds. The Hall–Kier alpha value is -1.47. The van der Waals surface area contributed by atoms with E-state index >= 15 is 0 Å². The lowest BCUT2D eigenvalue weighted by molar-refractivity contribution is -0.742. The fourth-order valence-corrected chi connectivity index (χ4v) is 0. The lowest BCUT2D eigenvalue weighted by Crippen LogP contribution is -1.81. The van der Waals surface area contributed by atoms with Crippen LogP contribution in [-0.2, 0) is 0 Å². The molecular weight excluding hydrogens is 127 g/mol. The van der Waals surface area contributed by atoms with Gasteiger partial charge in [-0.15, -0.1) is 15.0 Å². The van der Waals surface area contributed by atoms with Gasteiger partial charge in [-0.25, -0.2) is 0 Å². The Balaban J connectivity index is -0.0000000575. The monoisotopic (exact) mass is 130 g/mol. The standard InChI is InChI=1S/FH.HNO3.HNO2/c;2-1(3)4;2-1-3/h1H;(H,2,3,4);(H,2,3). The molecule has 0 radical (unpaired) electrons. The van der Waals surface area contributed by atoms with Crippen LogP contribution in [-0.4, -0.2) is 15.5 Å². The first-order chi connectivity index (χ1) is 3.15. The zero-order valence-corrected chi connectivity index (χ0v) is 3.42. The Morgan fingerprint density at radius 1 is 1.62 bits per heavy atom. The largest absolute Gasteiger partial charge is 0.379 e. The van der Waals surface area contributed by atoms with E-state index in [1.54, 1.807) is 0 Å². The second-order valence-electron chi connectivity index (χ2n) is 0.319. The van der Waals surface area contributed by atoms with Crippen molar-refractivity contribution >= 4 is 0 Å². The average Bonchev–Trinajstić information content (AvgIpc) is 1.33. The van der Waals surface area contributed by atoms with Crippen LogP contribution in [0, 0.1) is 15.0 Å². The van der Waals surface area contributed by atoms with E-state index in [4.69, 9.17) is 25.4 Å². The normalized spacial score (nSPS) is 4.50. The van der Waals surface area contributed by atoms with Crippen LogP contribution in [0.5, 0.6) is 0 Å². The first kappa shape index (κ1) is 16.0.